The van der Waals surface area contributed by atoms with Crippen LogP contribution in [0.2, 0.25) is 0 Å². The highest BCUT2D eigenvalue weighted by Gasteiger charge is 2.28. The van der Waals surface area contributed by atoms with E-state index < -0.39 is 23.5 Å². The van der Waals surface area contributed by atoms with Gasteiger partial charge in [-0.1, -0.05) is 18.2 Å². The first-order chi connectivity index (χ1) is 7.31. The average Bonchev–Trinajstić information content (AvgIpc) is 2.13. The lowest BCUT2D eigenvalue weighted by molar-refractivity contribution is -0.161. The van der Waals surface area contributed by atoms with E-state index in [2.05, 4.69) is 0 Å². The Morgan fingerprint density at radius 2 is 1.94 bits per heavy atom. The Morgan fingerprint density at radius 1 is 1.38 bits per heavy atom. The van der Waals surface area contributed by atoms with Crippen LogP contribution in [0.3, 0.4) is 0 Å². The molecule has 1 unspecified atom stereocenters. The summed E-state index contributed by atoms with van der Waals surface area (Å²) >= 11 is 0. The van der Waals surface area contributed by atoms with E-state index in [9.17, 15) is 9.18 Å². The third-order valence-corrected chi connectivity index (χ3v) is 1.88. The molecule has 3 nitrogen and oxygen atoms in total. The number of benzene rings is 1. The summed E-state index contributed by atoms with van der Waals surface area (Å²) in [6.07, 6.45) is -1.28. The smallest absolute Gasteiger partial charge is 0.337 e. The fourth-order valence-corrected chi connectivity index (χ4v) is 1.29. The van der Waals surface area contributed by atoms with Gasteiger partial charge in [0.1, 0.15) is 5.82 Å². The molecule has 0 aliphatic heterocycles. The number of aliphatic carboxylic acids is 1. The topological polar surface area (TPSA) is 46.5 Å². The van der Waals surface area contributed by atoms with Crippen molar-refractivity contribution in [1.82, 2.24) is 0 Å². The van der Waals surface area contributed by atoms with E-state index in [4.69, 9.17) is 9.84 Å². The van der Waals surface area contributed by atoms with Gasteiger partial charge in [-0.3, -0.25) is 0 Å². The molecule has 1 N–H and O–H groups in total. The van der Waals surface area contributed by atoms with Crippen molar-refractivity contribution in [2.24, 2.45) is 0 Å². The highest BCUT2D eigenvalue weighted by atomic mass is 19.1. The first kappa shape index (κ1) is 12.6. The van der Waals surface area contributed by atoms with Crippen LogP contribution in [0.4, 0.5) is 4.39 Å². The zero-order valence-electron chi connectivity index (χ0n) is 9.53. The van der Waals surface area contributed by atoms with Crippen LogP contribution >= 0.6 is 0 Å². The van der Waals surface area contributed by atoms with Crippen molar-refractivity contribution >= 4 is 5.97 Å². The molecule has 0 saturated carbocycles. The molecular weight excluding hydrogens is 211 g/mol. The third-order valence-electron chi connectivity index (χ3n) is 1.88. The van der Waals surface area contributed by atoms with Gasteiger partial charge in [-0.15, -0.1) is 0 Å². The molecule has 0 saturated heterocycles. The van der Waals surface area contributed by atoms with Gasteiger partial charge < -0.3 is 9.84 Å². The SMILES string of the molecule is CC(C)(C)OC(C(=O)O)c1ccccc1F. The summed E-state index contributed by atoms with van der Waals surface area (Å²) in [5, 5.41) is 9.02. The highest BCUT2D eigenvalue weighted by Crippen LogP contribution is 2.26. The Morgan fingerprint density at radius 3 is 2.38 bits per heavy atom. The fourth-order valence-electron chi connectivity index (χ4n) is 1.29. The van der Waals surface area contributed by atoms with Crippen LogP contribution in [0, 0.1) is 5.82 Å². The molecule has 0 amide bonds. The zero-order chi connectivity index (χ0) is 12.3. The Labute approximate surface area is 93.9 Å². The van der Waals surface area contributed by atoms with Gasteiger partial charge in [0, 0.05) is 5.56 Å². The van der Waals surface area contributed by atoms with Crippen LogP contribution in [0.25, 0.3) is 0 Å². The number of carboxylic acid groups (broad SMARTS) is 1. The molecule has 1 rings (SSSR count). The Kier molecular flexibility index (Phi) is 3.65. The summed E-state index contributed by atoms with van der Waals surface area (Å²) in [6, 6.07) is 5.73. The van der Waals surface area contributed by atoms with Crippen molar-refractivity contribution in [3.63, 3.8) is 0 Å². The number of hydrogen-bond donors (Lipinski definition) is 1. The van der Waals surface area contributed by atoms with Crippen LogP contribution in [0.5, 0.6) is 0 Å². The summed E-state index contributed by atoms with van der Waals surface area (Å²) in [7, 11) is 0. The van der Waals surface area contributed by atoms with E-state index >= 15 is 0 Å². The predicted octanol–water partition coefficient (Wildman–Crippen LogP) is 2.77. The molecule has 0 fully saturated rings. The molecule has 0 bridgehead atoms. The van der Waals surface area contributed by atoms with Crippen molar-refractivity contribution in [2.45, 2.75) is 32.5 Å². The summed E-state index contributed by atoms with van der Waals surface area (Å²) < 4.78 is 18.8. The Balaban J connectivity index is 3.04. The monoisotopic (exact) mass is 226 g/mol. The lowest BCUT2D eigenvalue weighted by atomic mass is 10.1. The maximum atomic E-state index is 13.4. The zero-order valence-corrected chi connectivity index (χ0v) is 9.53. The molecule has 1 atom stereocenters. The van der Waals surface area contributed by atoms with Gasteiger partial charge in [0.2, 0.25) is 0 Å². The van der Waals surface area contributed by atoms with Gasteiger partial charge in [-0.25, -0.2) is 9.18 Å². The maximum Gasteiger partial charge on any atom is 0.337 e. The Hall–Kier alpha value is -1.42. The van der Waals surface area contributed by atoms with Crippen LogP contribution in [-0.2, 0) is 9.53 Å². The number of carbonyl (C=O) groups is 1. The normalized spacial score (nSPS) is 13.5. The first-order valence-corrected chi connectivity index (χ1v) is 4.96. The van der Waals surface area contributed by atoms with Crippen LogP contribution in [0.1, 0.15) is 32.4 Å². The minimum absolute atomic E-state index is 0.0462. The second-order valence-corrected chi connectivity index (χ2v) is 4.47. The van der Waals surface area contributed by atoms with Gasteiger partial charge in [0.05, 0.1) is 5.60 Å². The third kappa shape index (κ3) is 3.31. The van der Waals surface area contributed by atoms with Crippen molar-refractivity contribution in [3.8, 4) is 0 Å². The molecule has 0 heterocycles. The molecule has 0 spiro atoms. The average molecular weight is 226 g/mol. The van der Waals surface area contributed by atoms with Gasteiger partial charge in [-0.2, -0.15) is 0 Å². The number of rotatable bonds is 3. The highest BCUT2D eigenvalue weighted by molar-refractivity contribution is 5.74. The fraction of sp³-hybridized carbons (Fsp3) is 0.417. The van der Waals surface area contributed by atoms with E-state index in [0.29, 0.717) is 0 Å². The van der Waals surface area contributed by atoms with E-state index in [1.165, 1.54) is 18.2 Å². The van der Waals surface area contributed by atoms with Crippen molar-refractivity contribution in [2.75, 3.05) is 0 Å². The second kappa shape index (κ2) is 4.61. The lowest BCUT2D eigenvalue weighted by Gasteiger charge is -2.25. The molecule has 16 heavy (non-hydrogen) atoms. The molecule has 88 valence electrons. The quantitative estimate of drug-likeness (QED) is 0.862. The van der Waals surface area contributed by atoms with Crippen molar-refractivity contribution in [1.29, 1.82) is 0 Å². The Bertz CT molecular complexity index is 382. The van der Waals surface area contributed by atoms with Crippen LogP contribution in [-0.4, -0.2) is 16.7 Å². The maximum absolute atomic E-state index is 13.4. The van der Waals surface area contributed by atoms with Gasteiger partial charge in [0.25, 0.3) is 0 Å². The van der Waals surface area contributed by atoms with E-state index in [0.717, 1.165) is 0 Å². The summed E-state index contributed by atoms with van der Waals surface area (Å²) in [6.45, 7) is 5.18. The minimum atomic E-state index is -1.28. The molecule has 0 aliphatic carbocycles. The van der Waals surface area contributed by atoms with Crippen LogP contribution in [0.15, 0.2) is 24.3 Å². The number of halogens is 1. The molecule has 0 aliphatic rings. The van der Waals surface area contributed by atoms with E-state index in [1.54, 1.807) is 26.8 Å². The van der Waals surface area contributed by atoms with Gasteiger partial charge in [-0.05, 0) is 26.8 Å². The van der Waals surface area contributed by atoms with Crippen molar-refractivity contribution < 1.29 is 19.0 Å². The second-order valence-electron chi connectivity index (χ2n) is 4.47. The lowest BCUT2D eigenvalue weighted by Crippen LogP contribution is -2.27. The standard InChI is InChI=1S/C12H15FO3/c1-12(2,3)16-10(11(14)15)8-6-4-5-7-9(8)13/h4-7,10H,1-3H3,(H,14,15). The molecule has 1 aromatic rings. The molecule has 0 aromatic heterocycles. The van der Waals surface area contributed by atoms with E-state index in [1.807, 2.05) is 0 Å². The van der Waals surface area contributed by atoms with Crippen LogP contribution < -0.4 is 0 Å². The van der Waals surface area contributed by atoms with Gasteiger partial charge in [0.15, 0.2) is 6.10 Å². The number of carboxylic acids is 1. The first-order valence-electron chi connectivity index (χ1n) is 4.96. The molecule has 1 aromatic carbocycles. The predicted molar refractivity (Wildman–Crippen MR) is 57.6 cm³/mol. The van der Waals surface area contributed by atoms with Crippen molar-refractivity contribution in [3.05, 3.63) is 35.6 Å². The number of hydrogen-bond acceptors (Lipinski definition) is 2. The minimum Gasteiger partial charge on any atom is -0.479 e. The molecule has 0 radical (unpaired) electrons. The number of ether oxygens (including phenoxy) is 1. The summed E-state index contributed by atoms with van der Waals surface area (Å²) in [5.41, 5.74) is -0.601. The van der Waals surface area contributed by atoms with E-state index in [-0.39, 0.29) is 5.56 Å². The summed E-state index contributed by atoms with van der Waals surface area (Å²) in [5.74, 6) is -1.76. The summed E-state index contributed by atoms with van der Waals surface area (Å²) in [4.78, 5) is 11.0. The molecule has 4 heteroatoms. The largest absolute Gasteiger partial charge is 0.479 e. The van der Waals surface area contributed by atoms with Gasteiger partial charge >= 0.3 is 5.97 Å². The molecular formula is C12H15FO3.